The molecule has 0 aromatic carbocycles. The van der Waals surface area contributed by atoms with Crippen molar-refractivity contribution in [3.63, 3.8) is 0 Å². The summed E-state index contributed by atoms with van der Waals surface area (Å²) in [5, 5.41) is 4.26. The average molecular weight is 194 g/mol. The summed E-state index contributed by atoms with van der Waals surface area (Å²) < 4.78 is 2.06. The summed E-state index contributed by atoms with van der Waals surface area (Å²) in [6.45, 7) is 7.94. The summed E-state index contributed by atoms with van der Waals surface area (Å²) in [5.41, 5.74) is 0. The fourth-order valence-electron chi connectivity index (χ4n) is 2.03. The van der Waals surface area contributed by atoms with Gasteiger partial charge in [0.15, 0.2) is 0 Å². The molecule has 0 fully saturated rings. The lowest BCUT2D eigenvalue weighted by Crippen LogP contribution is -2.13. The molecule has 0 spiro atoms. The van der Waals surface area contributed by atoms with Crippen LogP contribution in [0.25, 0.3) is 0 Å². The van der Waals surface area contributed by atoms with E-state index in [1.807, 2.05) is 12.3 Å². The highest BCUT2D eigenvalue weighted by molar-refractivity contribution is 4.78. The molecule has 1 rings (SSSR count). The minimum Gasteiger partial charge on any atom is -0.272 e. The van der Waals surface area contributed by atoms with E-state index in [0.717, 1.165) is 18.4 Å². The Morgan fingerprint density at radius 3 is 2.64 bits per heavy atom. The molecule has 1 heterocycles. The molecule has 0 N–H and O–H groups in total. The lowest BCUT2D eigenvalue weighted by Gasteiger charge is -2.18. The maximum Gasteiger partial charge on any atom is 0.0489 e. The Hall–Kier alpha value is -0.790. The molecule has 1 unspecified atom stereocenters. The smallest absolute Gasteiger partial charge is 0.0489 e. The maximum atomic E-state index is 4.26. The van der Waals surface area contributed by atoms with Crippen LogP contribution < -0.4 is 0 Å². The molecule has 1 aromatic rings. The van der Waals surface area contributed by atoms with Gasteiger partial charge in [0.2, 0.25) is 0 Å². The minimum atomic E-state index is 0.792. The van der Waals surface area contributed by atoms with Crippen LogP contribution in [0.2, 0.25) is 0 Å². The standard InChI is InChI=1S/C12H22N2/c1-4-6-12(9-11(2)3)10-14-8-5-7-13-14/h5,7-8,11-12H,4,6,9-10H2,1-3H3. The van der Waals surface area contributed by atoms with Gasteiger partial charge in [0, 0.05) is 18.9 Å². The van der Waals surface area contributed by atoms with E-state index in [1.54, 1.807) is 0 Å². The Balaban J connectivity index is 2.42. The number of hydrogen-bond acceptors (Lipinski definition) is 1. The second-order valence-corrected chi connectivity index (χ2v) is 4.51. The van der Waals surface area contributed by atoms with Gasteiger partial charge in [0.25, 0.3) is 0 Å². The van der Waals surface area contributed by atoms with Gasteiger partial charge in [0.05, 0.1) is 0 Å². The first-order valence-corrected chi connectivity index (χ1v) is 5.69. The molecule has 2 nitrogen and oxygen atoms in total. The fraction of sp³-hybridized carbons (Fsp3) is 0.750. The molecule has 80 valence electrons. The molecule has 0 aliphatic carbocycles. The van der Waals surface area contributed by atoms with Gasteiger partial charge in [-0.25, -0.2) is 0 Å². The normalized spacial score (nSPS) is 13.4. The number of nitrogens with zero attached hydrogens (tertiary/aromatic N) is 2. The zero-order chi connectivity index (χ0) is 10.4. The van der Waals surface area contributed by atoms with E-state index in [9.17, 15) is 0 Å². The zero-order valence-electron chi connectivity index (χ0n) is 9.61. The highest BCUT2D eigenvalue weighted by Crippen LogP contribution is 2.18. The van der Waals surface area contributed by atoms with Crippen molar-refractivity contribution in [3.05, 3.63) is 18.5 Å². The molecule has 1 atom stereocenters. The molecule has 0 saturated carbocycles. The molecule has 14 heavy (non-hydrogen) atoms. The summed E-state index contributed by atoms with van der Waals surface area (Å²) in [7, 11) is 0. The first kappa shape index (κ1) is 11.3. The van der Waals surface area contributed by atoms with Gasteiger partial charge in [-0.05, 0) is 30.7 Å². The van der Waals surface area contributed by atoms with Crippen molar-refractivity contribution in [3.8, 4) is 0 Å². The molecule has 0 aliphatic heterocycles. The highest BCUT2D eigenvalue weighted by Gasteiger charge is 2.10. The molecule has 0 saturated heterocycles. The number of rotatable bonds is 6. The van der Waals surface area contributed by atoms with Crippen molar-refractivity contribution in [1.29, 1.82) is 0 Å². The fourth-order valence-corrected chi connectivity index (χ4v) is 2.03. The maximum absolute atomic E-state index is 4.26. The molecule has 1 aromatic heterocycles. The Bertz CT molecular complexity index is 226. The summed E-state index contributed by atoms with van der Waals surface area (Å²) in [5.74, 6) is 1.59. The van der Waals surface area contributed by atoms with Crippen LogP contribution in [0.4, 0.5) is 0 Å². The zero-order valence-corrected chi connectivity index (χ0v) is 9.61. The van der Waals surface area contributed by atoms with Crippen LogP contribution in [0.15, 0.2) is 18.5 Å². The summed E-state index contributed by atoms with van der Waals surface area (Å²) in [4.78, 5) is 0. The van der Waals surface area contributed by atoms with Gasteiger partial charge in [-0.15, -0.1) is 0 Å². The first-order chi connectivity index (χ1) is 6.72. The van der Waals surface area contributed by atoms with Crippen LogP contribution in [0, 0.1) is 11.8 Å². The van der Waals surface area contributed by atoms with Crippen molar-refractivity contribution in [2.45, 2.75) is 46.6 Å². The lowest BCUT2D eigenvalue weighted by molar-refractivity contribution is 0.326. The van der Waals surface area contributed by atoms with Crippen LogP contribution >= 0.6 is 0 Å². The van der Waals surface area contributed by atoms with Gasteiger partial charge in [0.1, 0.15) is 0 Å². The Labute approximate surface area is 87.3 Å². The van der Waals surface area contributed by atoms with Crippen molar-refractivity contribution in [2.24, 2.45) is 11.8 Å². The molecular formula is C12H22N2. The molecule has 0 amide bonds. The summed E-state index contributed by atoms with van der Waals surface area (Å²) in [6.07, 6.45) is 7.83. The monoisotopic (exact) mass is 194 g/mol. The van der Waals surface area contributed by atoms with Gasteiger partial charge in [-0.2, -0.15) is 5.10 Å². The third kappa shape index (κ3) is 3.95. The minimum absolute atomic E-state index is 0.792. The number of aromatic nitrogens is 2. The predicted molar refractivity (Wildman–Crippen MR) is 60.1 cm³/mol. The van der Waals surface area contributed by atoms with Crippen LogP contribution in [-0.4, -0.2) is 9.78 Å². The van der Waals surface area contributed by atoms with E-state index in [4.69, 9.17) is 0 Å². The van der Waals surface area contributed by atoms with E-state index < -0.39 is 0 Å². The van der Waals surface area contributed by atoms with Crippen LogP contribution in [0.1, 0.15) is 40.0 Å². The van der Waals surface area contributed by atoms with Crippen molar-refractivity contribution < 1.29 is 0 Å². The quantitative estimate of drug-likeness (QED) is 0.679. The molecule has 0 radical (unpaired) electrons. The summed E-state index contributed by atoms with van der Waals surface area (Å²) >= 11 is 0. The third-order valence-electron chi connectivity index (χ3n) is 2.51. The summed E-state index contributed by atoms with van der Waals surface area (Å²) in [6, 6.07) is 2.00. The third-order valence-corrected chi connectivity index (χ3v) is 2.51. The Morgan fingerprint density at radius 1 is 1.36 bits per heavy atom. The predicted octanol–water partition coefficient (Wildman–Crippen LogP) is 3.35. The van der Waals surface area contributed by atoms with Crippen molar-refractivity contribution in [1.82, 2.24) is 9.78 Å². The van der Waals surface area contributed by atoms with Gasteiger partial charge < -0.3 is 0 Å². The SMILES string of the molecule is CCCC(CC(C)C)Cn1cccn1. The van der Waals surface area contributed by atoms with Crippen LogP contribution in [0.5, 0.6) is 0 Å². The second kappa shape index (κ2) is 5.84. The van der Waals surface area contributed by atoms with E-state index in [2.05, 4.69) is 36.7 Å². The van der Waals surface area contributed by atoms with E-state index in [0.29, 0.717) is 0 Å². The van der Waals surface area contributed by atoms with Crippen LogP contribution in [0.3, 0.4) is 0 Å². The lowest BCUT2D eigenvalue weighted by atomic mass is 9.93. The molecule has 2 heteroatoms. The second-order valence-electron chi connectivity index (χ2n) is 4.51. The van der Waals surface area contributed by atoms with Gasteiger partial charge >= 0.3 is 0 Å². The van der Waals surface area contributed by atoms with Gasteiger partial charge in [-0.3, -0.25) is 4.68 Å². The largest absolute Gasteiger partial charge is 0.272 e. The van der Waals surface area contributed by atoms with Gasteiger partial charge in [-0.1, -0.05) is 27.2 Å². The van der Waals surface area contributed by atoms with Crippen molar-refractivity contribution in [2.75, 3.05) is 0 Å². The number of hydrogen-bond donors (Lipinski definition) is 0. The molecular weight excluding hydrogens is 172 g/mol. The van der Waals surface area contributed by atoms with E-state index in [-0.39, 0.29) is 0 Å². The average Bonchev–Trinajstić information content (AvgIpc) is 2.56. The van der Waals surface area contributed by atoms with Crippen LogP contribution in [-0.2, 0) is 6.54 Å². The van der Waals surface area contributed by atoms with E-state index >= 15 is 0 Å². The highest BCUT2D eigenvalue weighted by atomic mass is 15.3. The molecule has 0 bridgehead atoms. The van der Waals surface area contributed by atoms with E-state index in [1.165, 1.54) is 19.3 Å². The molecule has 0 aliphatic rings. The van der Waals surface area contributed by atoms with Crippen molar-refractivity contribution >= 4 is 0 Å². The Kier molecular flexibility index (Phi) is 4.71. The Morgan fingerprint density at radius 2 is 2.14 bits per heavy atom. The topological polar surface area (TPSA) is 17.8 Å². The first-order valence-electron chi connectivity index (χ1n) is 5.69.